The number of nitrogens with zero attached hydrogens (tertiary/aromatic N) is 2. The maximum absolute atomic E-state index is 13.3. The van der Waals surface area contributed by atoms with Crippen molar-refractivity contribution >= 4 is 34.3 Å². The first-order valence-electron chi connectivity index (χ1n) is 15.9. The Morgan fingerprint density at radius 1 is 1.06 bits per heavy atom. The quantitative estimate of drug-likeness (QED) is 0.167. The highest BCUT2D eigenvalue weighted by Gasteiger charge is 2.69. The Morgan fingerprint density at radius 2 is 1.69 bits per heavy atom. The van der Waals surface area contributed by atoms with E-state index in [4.69, 9.17) is 20.3 Å². The third kappa shape index (κ3) is 4.88. The predicted molar refractivity (Wildman–Crippen MR) is 178 cm³/mol. The van der Waals surface area contributed by atoms with Gasteiger partial charge in [-0.3, -0.25) is 24.1 Å². The molecule has 0 spiro atoms. The average molecular weight is 722 g/mol. The molecule has 1 aromatic heterocycles. The fraction of sp³-hybridized carbons (Fsp3) is 0.343. The van der Waals surface area contributed by atoms with Crippen LogP contribution in [0.4, 0.5) is 0 Å². The van der Waals surface area contributed by atoms with Gasteiger partial charge in [0, 0.05) is 18.8 Å². The van der Waals surface area contributed by atoms with Crippen LogP contribution in [0.3, 0.4) is 0 Å². The zero-order valence-corrected chi connectivity index (χ0v) is 28.1. The van der Waals surface area contributed by atoms with E-state index >= 15 is 0 Å². The summed E-state index contributed by atoms with van der Waals surface area (Å²) in [6.07, 6.45) is -0.516. The lowest BCUT2D eigenvalue weighted by atomic mass is 9.54. The average Bonchev–Trinajstić information content (AvgIpc) is 3.53. The molecule has 17 heteroatoms. The van der Waals surface area contributed by atoms with Gasteiger partial charge in [0.25, 0.3) is 5.91 Å². The summed E-state index contributed by atoms with van der Waals surface area (Å²) in [5, 5.41) is 75.9. The van der Waals surface area contributed by atoms with E-state index in [1.54, 1.807) is 16.7 Å². The smallest absolute Gasteiger partial charge is 0.341 e. The normalized spacial score (nSPS) is 27.5. The summed E-state index contributed by atoms with van der Waals surface area (Å²) in [5.41, 5.74) is -1.99. The number of aliphatic hydroxyl groups excluding tert-OH is 3. The van der Waals surface area contributed by atoms with Crippen molar-refractivity contribution in [3.8, 4) is 17.2 Å². The molecule has 2 aromatic carbocycles. The topological polar surface area (TPSA) is 280 Å². The summed E-state index contributed by atoms with van der Waals surface area (Å²) in [7, 11) is 2.85. The number of aliphatic hydroxyl groups is 5. The van der Waals surface area contributed by atoms with Crippen molar-refractivity contribution < 1.29 is 64.4 Å². The molecule has 0 unspecified atom stereocenters. The summed E-state index contributed by atoms with van der Waals surface area (Å²) >= 11 is 0. The van der Waals surface area contributed by atoms with Gasteiger partial charge in [0.2, 0.25) is 18.0 Å². The van der Waals surface area contributed by atoms with Crippen LogP contribution in [0.15, 0.2) is 64.0 Å². The molecule has 0 radical (unpaired) electrons. The summed E-state index contributed by atoms with van der Waals surface area (Å²) in [6.45, 7) is 3.79. The molecule has 0 fully saturated rings. The summed E-state index contributed by atoms with van der Waals surface area (Å²) in [6, 6.07) is 5.78. The molecule has 9 N–H and O–H groups in total. The highest BCUT2D eigenvalue weighted by Crippen LogP contribution is 2.56. The van der Waals surface area contributed by atoms with Gasteiger partial charge in [0.15, 0.2) is 22.9 Å². The number of Topliss-reactive ketones (excluding diaryl/α,β-unsaturated/α-hetero) is 2. The number of carbonyl (C=O) groups is 4. The van der Waals surface area contributed by atoms with Gasteiger partial charge in [-0.1, -0.05) is 12.1 Å². The highest BCUT2D eigenvalue weighted by molar-refractivity contribution is 6.25. The second-order valence-electron chi connectivity index (χ2n) is 13.2. The largest absolute Gasteiger partial charge is 0.510 e. The number of ketones is 2. The van der Waals surface area contributed by atoms with Gasteiger partial charge in [-0.15, -0.1) is 0 Å². The van der Waals surface area contributed by atoms with Crippen LogP contribution in [0.25, 0.3) is 10.9 Å². The van der Waals surface area contributed by atoms with E-state index in [0.717, 1.165) is 0 Å². The molecule has 3 aliphatic carbocycles. The number of aromatic hydroxyl groups is 1. The zero-order valence-electron chi connectivity index (χ0n) is 28.1. The minimum atomic E-state index is -3.02. The number of phenols is 1. The highest BCUT2D eigenvalue weighted by atomic mass is 16.7. The molecule has 0 saturated heterocycles. The van der Waals surface area contributed by atoms with Crippen LogP contribution < -0.4 is 20.6 Å². The molecule has 17 nitrogen and oxygen atoms in total. The molecule has 7 rings (SSSR count). The number of primary amides is 1. The second kappa shape index (κ2) is 12.2. The molecule has 0 bridgehead atoms. The molecule has 1 amide bonds. The molecule has 52 heavy (non-hydrogen) atoms. The van der Waals surface area contributed by atoms with Crippen LogP contribution in [0.2, 0.25) is 0 Å². The number of fused-ring (bicyclic) bond motifs is 5. The number of aromatic nitrogens is 1. The maximum atomic E-state index is 13.3. The van der Waals surface area contributed by atoms with E-state index < -0.39 is 92.5 Å². The van der Waals surface area contributed by atoms with E-state index in [9.17, 15) is 54.6 Å². The van der Waals surface area contributed by atoms with Gasteiger partial charge in [0.05, 0.1) is 51.6 Å². The molecule has 3 aromatic rings. The Kier molecular flexibility index (Phi) is 8.45. The van der Waals surface area contributed by atoms with Crippen molar-refractivity contribution in [3.63, 3.8) is 0 Å². The molecule has 274 valence electrons. The molecule has 1 aliphatic heterocycles. The number of hydrogen-bond acceptors (Lipinski definition) is 14. The number of likely N-dealkylation sites (N-methyl/N-ethyl adjacent to an activating group) is 1. The number of carboxylic acids is 1. The Morgan fingerprint density at radius 3 is 2.27 bits per heavy atom. The van der Waals surface area contributed by atoms with Gasteiger partial charge < -0.3 is 55.5 Å². The van der Waals surface area contributed by atoms with E-state index in [1.165, 1.54) is 50.3 Å². The number of rotatable bonds is 4. The number of pyridine rings is 1. The zero-order chi connectivity index (χ0) is 38.4. The molecular weight excluding hydrogens is 686 g/mol. The van der Waals surface area contributed by atoms with Gasteiger partial charge in [0.1, 0.15) is 28.4 Å². The Bertz CT molecular complexity index is 2240. The van der Waals surface area contributed by atoms with E-state index in [1.807, 2.05) is 6.92 Å². The summed E-state index contributed by atoms with van der Waals surface area (Å²) in [4.78, 5) is 63.0. The van der Waals surface area contributed by atoms with E-state index in [0.29, 0.717) is 28.9 Å². The molecule has 4 aliphatic rings. The SMILES string of the molecule is CCn1cc(C(=O)O)c(=O)c2cc3c(cc21)OCO3.CN(C)[C@@H]1C(O)=C(C(N)=O)C(=O)[C@@]2(O)C(O)=C3C(=O)c4c(O)cccc4[C@@](C)(O)[C@H]3[C@H](O)[C@@H]12. The van der Waals surface area contributed by atoms with Crippen LogP contribution in [0.1, 0.15) is 40.1 Å². The number of hydrogen-bond donors (Lipinski definition) is 8. The second-order valence-corrected chi connectivity index (χ2v) is 13.2. The van der Waals surface area contributed by atoms with Crippen LogP contribution in [0.5, 0.6) is 17.2 Å². The third-order valence-corrected chi connectivity index (χ3v) is 10.2. The fourth-order valence-electron chi connectivity index (χ4n) is 7.80. The maximum Gasteiger partial charge on any atom is 0.341 e. The van der Waals surface area contributed by atoms with Crippen molar-refractivity contribution in [2.75, 3.05) is 20.9 Å². The third-order valence-electron chi connectivity index (χ3n) is 10.2. The van der Waals surface area contributed by atoms with Gasteiger partial charge in [-0.25, -0.2) is 4.79 Å². The molecule has 0 saturated carbocycles. The number of benzene rings is 2. The minimum Gasteiger partial charge on any atom is -0.510 e. The number of aryl methyl sites for hydroxylation is 1. The number of aromatic carboxylic acids is 1. The van der Waals surface area contributed by atoms with E-state index in [-0.39, 0.29) is 23.5 Å². The van der Waals surface area contributed by atoms with Crippen molar-refractivity contribution in [3.05, 3.63) is 86.1 Å². The molecule has 6 atom stereocenters. The number of nitrogens with two attached hydrogens (primary N) is 1. The number of carboxylic acid groups (broad SMARTS) is 1. The molecule has 2 heterocycles. The fourth-order valence-corrected chi connectivity index (χ4v) is 7.80. The van der Waals surface area contributed by atoms with Gasteiger partial charge in [-0.2, -0.15) is 0 Å². The summed E-state index contributed by atoms with van der Waals surface area (Å²) < 4.78 is 12.2. The number of amides is 1. The Balaban J connectivity index is 0.000000206. The van der Waals surface area contributed by atoms with E-state index in [2.05, 4.69) is 0 Å². The predicted octanol–water partition coefficient (Wildman–Crippen LogP) is 0.205. The molecular formula is C35H35N3O14. The first kappa shape index (κ1) is 36.1. The van der Waals surface area contributed by atoms with Crippen LogP contribution in [0, 0.1) is 11.8 Å². The van der Waals surface area contributed by atoms with Gasteiger partial charge >= 0.3 is 5.97 Å². The van der Waals surface area contributed by atoms with Crippen molar-refractivity contribution in [2.24, 2.45) is 17.6 Å². The lowest BCUT2D eigenvalue weighted by Crippen LogP contribution is -2.70. The Hall–Kier alpha value is -5.75. The lowest BCUT2D eigenvalue weighted by Gasteiger charge is -2.55. The van der Waals surface area contributed by atoms with Crippen LogP contribution >= 0.6 is 0 Å². The standard InChI is InChI=1S/C22H24N2O9.C13H11NO5/c1-21(32)7-5-4-6-8(25)9(7)15(26)10-12(21)17(28)13-14(24(2)3)16(27)11(20(23)31)19(30)22(13,33)18(10)29;1-2-14-5-8(13(16)17)12(15)7-3-10-11(4-9(7)14)19-6-18-10/h4-6,12-14,17,25,27-29,32-33H,1-3H3,(H2,23,31);3-5H,2,6H2,1H3,(H,16,17)/t12-,13-,14+,17+,21-,22+;/m1./s1. The monoisotopic (exact) mass is 721 g/mol. The van der Waals surface area contributed by atoms with Crippen LogP contribution in [-0.2, 0) is 21.7 Å². The van der Waals surface area contributed by atoms with Crippen molar-refractivity contribution in [1.29, 1.82) is 0 Å². The van der Waals surface area contributed by atoms with Crippen LogP contribution in [-0.4, -0.2) is 107 Å². The Labute approximate surface area is 293 Å². The number of ether oxygens (including phenoxy) is 2. The number of phenolic OH excluding ortho intramolecular Hbond substituents is 1. The minimum absolute atomic E-state index is 0.0281. The first-order valence-corrected chi connectivity index (χ1v) is 15.9. The summed E-state index contributed by atoms with van der Waals surface area (Å²) in [5.74, 6) is -9.86. The lowest BCUT2D eigenvalue weighted by molar-refractivity contribution is -0.173. The number of carbonyl (C=O) groups excluding carboxylic acids is 3. The van der Waals surface area contributed by atoms with Crippen molar-refractivity contribution in [2.45, 2.75) is 43.7 Å². The first-order chi connectivity index (χ1) is 24.3. The van der Waals surface area contributed by atoms with Gasteiger partial charge in [-0.05, 0) is 45.6 Å². The van der Waals surface area contributed by atoms with Crippen molar-refractivity contribution in [1.82, 2.24) is 9.47 Å².